The number of anilines is 1. The molecular formula is C22H28N6O3. The average molecular weight is 425 g/mol. The Labute approximate surface area is 180 Å². The number of ether oxygens (including phenoxy) is 2. The van der Waals surface area contributed by atoms with Gasteiger partial charge in [0, 0.05) is 37.2 Å². The quantitative estimate of drug-likeness (QED) is 0.658. The van der Waals surface area contributed by atoms with E-state index in [0.717, 1.165) is 37.2 Å². The SMILES string of the molecule is COc1ccc(-c2n[nH]c3nc(N4CCC5(CC4)CO[C@@H](C)[C@H]5N)n(C)c(=O)c23)cc1. The Kier molecular flexibility index (Phi) is 4.75. The fourth-order valence-electron chi connectivity index (χ4n) is 4.92. The first-order chi connectivity index (χ1) is 14.9. The maximum atomic E-state index is 13.3. The van der Waals surface area contributed by atoms with Gasteiger partial charge in [0.1, 0.15) is 16.8 Å². The molecule has 0 saturated carbocycles. The zero-order valence-corrected chi connectivity index (χ0v) is 18.1. The molecule has 9 heteroatoms. The molecule has 2 aliphatic heterocycles. The highest BCUT2D eigenvalue weighted by molar-refractivity contribution is 5.90. The molecular weight excluding hydrogens is 396 g/mol. The van der Waals surface area contributed by atoms with Gasteiger partial charge < -0.3 is 20.1 Å². The number of methoxy groups -OCH3 is 1. The van der Waals surface area contributed by atoms with E-state index >= 15 is 0 Å². The van der Waals surface area contributed by atoms with Crippen molar-refractivity contribution in [2.75, 3.05) is 31.7 Å². The topological polar surface area (TPSA) is 111 Å². The lowest BCUT2D eigenvalue weighted by atomic mass is 9.73. The monoisotopic (exact) mass is 424 g/mol. The van der Waals surface area contributed by atoms with Crippen molar-refractivity contribution in [2.24, 2.45) is 18.2 Å². The lowest BCUT2D eigenvalue weighted by Crippen LogP contribution is -2.51. The average Bonchev–Trinajstić information content (AvgIpc) is 3.34. The lowest BCUT2D eigenvalue weighted by Gasteiger charge is -2.41. The van der Waals surface area contributed by atoms with Crippen LogP contribution < -0.4 is 20.9 Å². The molecule has 0 amide bonds. The Morgan fingerprint density at radius 3 is 2.58 bits per heavy atom. The summed E-state index contributed by atoms with van der Waals surface area (Å²) in [7, 11) is 3.39. The van der Waals surface area contributed by atoms with E-state index in [1.165, 1.54) is 0 Å². The van der Waals surface area contributed by atoms with Crippen LogP contribution in [0, 0.1) is 5.41 Å². The maximum absolute atomic E-state index is 13.3. The molecule has 1 aromatic carbocycles. The summed E-state index contributed by atoms with van der Waals surface area (Å²) < 4.78 is 12.7. The fraction of sp³-hybridized carbons (Fsp3) is 0.500. The van der Waals surface area contributed by atoms with Crippen LogP contribution in [0.15, 0.2) is 29.1 Å². The van der Waals surface area contributed by atoms with Crippen molar-refractivity contribution in [3.8, 4) is 17.0 Å². The number of aromatic nitrogens is 4. The molecule has 3 aromatic rings. The number of hydrogen-bond donors (Lipinski definition) is 2. The van der Waals surface area contributed by atoms with Crippen molar-refractivity contribution in [3.63, 3.8) is 0 Å². The van der Waals surface area contributed by atoms with Crippen molar-refractivity contribution in [3.05, 3.63) is 34.6 Å². The van der Waals surface area contributed by atoms with E-state index in [1.54, 1.807) is 18.7 Å². The zero-order valence-electron chi connectivity index (χ0n) is 18.1. The highest BCUT2D eigenvalue weighted by atomic mass is 16.5. The second-order valence-corrected chi connectivity index (χ2v) is 8.69. The third-order valence-corrected chi connectivity index (χ3v) is 7.03. The summed E-state index contributed by atoms with van der Waals surface area (Å²) in [5.74, 6) is 1.40. The van der Waals surface area contributed by atoms with Gasteiger partial charge in [-0.05, 0) is 44.0 Å². The summed E-state index contributed by atoms with van der Waals surface area (Å²) in [5, 5.41) is 7.83. The number of benzene rings is 1. The van der Waals surface area contributed by atoms with Gasteiger partial charge in [0.25, 0.3) is 5.56 Å². The smallest absolute Gasteiger partial charge is 0.266 e. The van der Waals surface area contributed by atoms with Gasteiger partial charge >= 0.3 is 0 Å². The standard InChI is InChI=1S/C22H28N6O3/c1-13-18(23)22(12-31-13)8-10-28(11-9-22)21-24-19-16(20(29)27(21)2)17(25-26-19)14-4-6-15(30-3)7-5-14/h4-7,13,18H,8-12,23H2,1-3H3,(H,25,26)/t13-,18+/m0/s1. The van der Waals surface area contributed by atoms with Gasteiger partial charge in [-0.15, -0.1) is 0 Å². The van der Waals surface area contributed by atoms with Crippen LogP contribution in [0.1, 0.15) is 19.8 Å². The third-order valence-electron chi connectivity index (χ3n) is 7.03. The van der Waals surface area contributed by atoms with Gasteiger partial charge in [-0.3, -0.25) is 14.5 Å². The maximum Gasteiger partial charge on any atom is 0.266 e. The Hall–Kier alpha value is -2.91. The van der Waals surface area contributed by atoms with E-state index in [9.17, 15) is 4.79 Å². The molecule has 4 heterocycles. The molecule has 1 spiro atoms. The van der Waals surface area contributed by atoms with Crippen LogP contribution in [0.5, 0.6) is 5.75 Å². The van der Waals surface area contributed by atoms with Crippen LogP contribution in [-0.2, 0) is 11.8 Å². The van der Waals surface area contributed by atoms with Gasteiger partial charge in [0.2, 0.25) is 5.95 Å². The number of fused-ring (bicyclic) bond motifs is 1. The Bertz CT molecular complexity index is 1160. The lowest BCUT2D eigenvalue weighted by molar-refractivity contribution is 0.0973. The van der Waals surface area contributed by atoms with Crippen LogP contribution in [0.4, 0.5) is 5.95 Å². The minimum atomic E-state index is -0.116. The zero-order chi connectivity index (χ0) is 21.8. The highest BCUT2D eigenvalue weighted by Gasteiger charge is 2.47. The predicted molar refractivity (Wildman–Crippen MR) is 118 cm³/mol. The van der Waals surface area contributed by atoms with Crippen LogP contribution >= 0.6 is 0 Å². The molecule has 164 valence electrons. The molecule has 0 unspecified atom stereocenters. The summed E-state index contributed by atoms with van der Waals surface area (Å²) in [6, 6.07) is 7.53. The van der Waals surface area contributed by atoms with Gasteiger partial charge in [-0.25, -0.2) is 0 Å². The van der Waals surface area contributed by atoms with Crippen LogP contribution in [0.2, 0.25) is 0 Å². The highest BCUT2D eigenvalue weighted by Crippen LogP contribution is 2.41. The summed E-state index contributed by atoms with van der Waals surface area (Å²) in [6.07, 6.45) is 1.94. The number of nitrogens with zero attached hydrogens (tertiary/aromatic N) is 4. The van der Waals surface area contributed by atoms with Gasteiger partial charge in [0.15, 0.2) is 5.65 Å². The second kappa shape index (κ2) is 7.35. The van der Waals surface area contributed by atoms with Gasteiger partial charge in [-0.1, -0.05) is 0 Å². The molecule has 2 aliphatic rings. The summed E-state index contributed by atoms with van der Waals surface area (Å²) in [6.45, 7) is 4.33. The van der Waals surface area contributed by atoms with Crippen molar-refractivity contribution in [1.82, 2.24) is 19.7 Å². The number of aromatic amines is 1. The largest absolute Gasteiger partial charge is 0.497 e. The summed E-state index contributed by atoms with van der Waals surface area (Å²) in [4.78, 5) is 20.2. The minimum absolute atomic E-state index is 0.0222. The van der Waals surface area contributed by atoms with E-state index in [-0.39, 0.29) is 23.1 Å². The van der Waals surface area contributed by atoms with E-state index in [4.69, 9.17) is 20.2 Å². The predicted octanol–water partition coefficient (Wildman–Crippen LogP) is 1.66. The second-order valence-electron chi connectivity index (χ2n) is 8.69. The molecule has 2 saturated heterocycles. The van der Waals surface area contributed by atoms with Crippen molar-refractivity contribution >= 4 is 17.0 Å². The molecule has 5 rings (SSSR count). The molecule has 2 atom stereocenters. The molecule has 0 radical (unpaired) electrons. The number of nitrogens with two attached hydrogens (primary N) is 1. The molecule has 2 fully saturated rings. The van der Waals surface area contributed by atoms with E-state index < -0.39 is 0 Å². The number of H-pyrrole nitrogens is 1. The molecule has 2 aromatic heterocycles. The van der Waals surface area contributed by atoms with Crippen LogP contribution in [0.25, 0.3) is 22.3 Å². The number of rotatable bonds is 3. The Morgan fingerprint density at radius 1 is 1.26 bits per heavy atom. The van der Waals surface area contributed by atoms with Gasteiger partial charge in [-0.2, -0.15) is 10.1 Å². The molecule has 9 nitrogen and oxygen atoms in total. The summed E-state index contributed by atoms with van der Waals surface area (Å²) >= 11 is 0. The van der Waals surface area contributed by atoms with E-state index in [0.29, 0.717) is 29.3 Å². The number of nitrogens with one attached hydrogen (secondary N) is 1. The Balaban J connectivity index is 1.46. The molecule has 3 N–H and O–H groups in total. The first kappa shape index (κ1) is 20.0. The van der Waals surface area contributed by atoms with Crippen LogP contribution in [-0.4, -0.2) is 58.7 Å². The fourth-order valence-corrected chi connectivity index (χ4v) is 4.92. The first-order valence-corrected chi connectivity index (χ1v) is 10.7. The third kappa shape index (κ3) is 3.11. The normalized spacial score (nSPS) is 23.0. The van der Waals surface area contributed by atoms with Crippen molar-refractivity contribution in [2.45, 2.75) is 31.9 Å². The number of piperidine rings is 1. The van der Waals surface area contributed by atoms with E-state index in [2.05, 4.69) is 15.1 Å². The van der Waals surface area contributed by atoms with E-state index in [1.807, 2.05) is 31.2 Å². The summed E-state index contributed by atoms with van der Waals surface area (Å²) in [5.41, 5.74) is 8.28. The van der Waals surface area contributed by atoms with Crippen molar-refractivity contribution < 1.29 is 9.47 Å². The molecule has 0 aliphatic carbocycles. The Morgan fingerprint density at radius 2 is 1.97 bits per heavy atom. The number of hydrogen-bond acceptors (Lipinski definition) is 7. The van der Waals surface area contributed by atoms with Crippen molar-refractivity contribution in [1.29, 1.82) is 0 Å². The minimum Gasteiger partial charge on any atom is -0.497 e. The molecule has 31 heavy (non-hydrogen) atoms. The first-order valence-electron chi connectivity index (χ1n) is 10.7. The molecule has 0 bridgehead atoms. The van der Waals surface area contributed by atoms with Gasteiger partial charge in [0.05, 0.1) is 19.8 Å². The van der Waals surface area contributed by atoms with Crippen LogP contribution in [0.3, 0.4) is 0 Å².